The lowest BCUT2D eigenvalue weighted by molar-refractivity contribution is -0.131. The van der Waals surface area contributed by atoms with Crippen LogP contribution in [-0.2, 0) is 11.2 Å². The second-order valence-electron chi connectivity index (χ2n) is 5.20. The number of amides is 1. The molecule has 0 aliphatic heterocycles. The number of aromatic carboxylic acids is 1. The van der Waals surface area contributed by atoms with Gasteiger partial charge in [0.2, 0.25) is 5.91 Å². The van der Waals surface area contributed by atoms with Gasteiger partial charge in [-0.15, -0.1) is 0 Å². The quantitative estimate of drug-likeness (QED) is 0.681. The average molecular weight is 292 g/mol. The molecule has 1 rings (SSSR count). The van der Waals surface area contributed by atoms with Gasteiger partial charge in [0.25, 0.3) is 0 Å². The van der Waals surface area contributed by atoms with Gasteiger partial charge in [0.05, 0.1) is 11.0 Å². The van der Waals surface area contributed by atoms with Crippen LogP contribution in [0.15, 0.2) is 24.3 Å². The number of nitrogens with two attached hydrogens (primary N) is 1. The van der Waals surface area contributed by atoms with Crippen molar-refractivity contribution < 1.29 is 14.7 Å². The maximum absolute atomic E-state index is 12.2. The summed E-state index contributed by atoms with van der Waals surface area (Å²) < 4.78 is 0. The first-order valence-corrected chi connectivity index (χ1v) is 7.29. The summed E-state index contributed by atoms with van der Waals surface area (Å²) in [7, 11) is 0. The lowest BCUT2D eigenvalue weighted by atomic mass is 9.81. The Morgan fingerprint density at radius 1 is 1.19 bits per heavy atom. The molecule has 0 aliphatic carbocycles. The summed E-state index contributed by atoms with van der Waals surface area (Å²) in [4.78, 5) is 23.0. The standard InChI is InChI=1S/C16H24N2O3/c1-3-16(4-2,11-17)15(21)18-10-9-12-5-7-13(8-6-12)14(19)20/h5-8H,3-4,9-11,17H2,1-2H3,(H,18,21)(H,19,20). The Morgan fingerprint density at radius 2 is 1.76 bits per heavy atom. The van der Waals surface area contributed by atoms with E-state index in [2.05, 4.69) is 5.32 Å². The molecule has 0 saturated heterocycles. The van der Waals surface area contributed by atoms with Gasteiger partial charge in [-0.25, -0.2) is 4.79 Å². The number of nitrogens with one attached hydrogen (secondary N) is 1. The van der Waals surface area contributed by atoms with Crippen LogP contribution in [0.3, 0.4) is 0 Å². The van der Waals surface area contributed by atoms with E-state index >= 15 is 0 Å². The van der Waals surface area contributed by atoms with Crippen molar-refractivity contribution in [2.24, 2.45) is 11.1 Å². The molecule has 4 N–H and O–H groups in total. The summed E-state index contributed by atoms with van der Waals surface area (Å²) >= 11 is 0. The van der Waals surface area contributed by atoms with E-state index < -0.39 is 11.4 Å². The number of benzene rings is 1. The zero-order chi connectivity index (χ0) is 15.9. The van der Waals surface area contributed by atoms with Crippen LogP contribution in [0.1, 0.15) is 42.6 Å². The third-order valence-electron chi connectivity index (χ3n) is 4.13. The number of carbonyl (C=O) groups excluding carboxylic acids is 1. The molecule has 1 aromatic carbocycles. The van der Waals surface area contributed by atoms with E-state index in [-0.39, 0.29) is 11.5 Å². The Morgan fingerprint density at radius 3 is 2.19 bits per heavy atom. The van der Waals surface area contributed by atoms with E-state index in [0.29, 0.717) is 19.5 Å². The van der Waals surface area contributed by atoms with Gasteiger partial charge in [-0.1, -0.05) is 26.0 Å². The molecule has 0 spiro atoms. The molecule has 0 aromatic heterocycles. The van der Waals surface area contributed by atoms with E-state index in [4.69, 9.17) is 10.8 Å². The summed E-state index contributed by atoms with van der Waals surface area (Å²) in [5.41, 5.74) is 6.52. The van der Waals surface area contributed by atoms with Crippen molar-refractivity contribution in [2.45, 2.75) is 33.1 Å². The molecular formula is C16H24N2O3. The smallest absolute Gasteiger partial charge is 0.335 e. The first-order valence-electron chi connectivity index (χ1n) is 7.29. The Bertz CT molecular complexity index is 471. The SMILES string of the molecule is CCC(CC)(CN)C(=O)NCCc1ccc(C(=O)O)cc1. The van der Waals surface area contributed by atoms with Crippen LogP contribution in [0, 0.1) is 5.41 Å². The van der Waals surface area contributed by atoms with Crippen molar-refractivity contribution in [2.75, 3.05) is 13.1 Å². The van der Waals surface area contributed by atoms with E-state index in [9.17, 15) is 9.59 Å². The van der Waals surface area contributed by atoms with Gasteiger partial charge in [0.1, 0.15) is 0 Å². The van der Waals surface area contributed by atoms with Gasteiger partial charge in [-0.3, -0.25) is 4.79 Å². The summed E-state index contributed by atoms with van der Waals surface area (Å²) in [5.74, 6) is -0.939. The predicted octanol–water partition coefficient (Wildman–Crippen LogP) is 1.81. The monoisotopic (exact) mass is 292 g/mol. The van der Waals surface area contributed by atoms with E-state index in [1.807, 2.05) is 13.8 Å². The molecule has 0 aliphatic rings. The molecule has 0 atom stereocenters. The Balaban J connectivity index is 2.53. The lowest BCUT2D eigenvalue weighted by Gasteiger charge is -2.28. The lowest BCUT2D eigenvalue weighted by Crippen LogP contribution is -2.45. The largest absolute Gasteiger partial charge is 0.478 e. The number of hydrogen-bond acceptors (Lipinski definition) is 3. The van der Waals surface area contributed by atoms with Gasteiger partial charge in [0, 0.05) is 13.1 Å². The van der Waals surface area contributed by atoms with Gasteiger partial charge < -0.3 is 16.2 Å². The first-order chi connectivity index (χ1) is 9.99. The normalized spacial score (nSPS) is 11.2. The number of hydrogen-bond donors (Lipinski definition) is 3. The van der Waals surface area contributed by atoms with Crippen molar-refractivity contribution in [1.82, 2.24) is 5.32 Å². The third kappa shape index (κ3) is 4.29. The zero-order valence-electron chi connectivity index (χ0n) is 12.7. The van der Waals surface area contributed by atoms with Gasteiger partial charge in [0.15, 0.2) is 0 Å². The van der Waals surface area contributed by atoms with Crippen molar-refractivity contribution in [3.05, 3.63) is 35.4 Å². The second-order valence-corrected chi connectivity index (χ2v) is 5.20. The van der Waals surface area contributed by atoms with Gasteiger partial charge >= 0.3 is 5.97 Å². The van der Waals surface area contributed by atoms with Crippen molar-refractivity contribution in [3.63, 3.8) is 0 Å². The average Bonchev–Trinajstić information content (AvgIpc) is 2.50. The van der Waals surface area contributed by atoms with Crippen LogP contribution >= 0.6 is 0 Å². The molecule has 116 valence electrons. The van der Waals surface area contributed by atoms with E-state index in [0.717, 1.165) is 18.4 Å². The molecule has 1 aromatic rings. The number of carbonyl (C=O) groups is 2. The van der Waals surface area contributed by atoms with Crippen LogP contribution < -0.4 is 11.1 Å². The minimum Gasteiger partial charge on any atom is -0.478 e. The number of rotatable bonds is 8. The van der Waals surface area contributed by atoms with Crippen LogP contribution in [0.2, 0.25) is 0 Å². The van der Waals surface area contributed by atoms with Crippen molar-refractivity contribution in [3.8, 4) is 0 Å². The summed E-state index contributed by atoms with van der Waals surface area (Å²) in [6.07, 6.45) is 2.11. The Labute approximate surface area is 125 Å². The topological polar surface area (TPSA) is 92.4 Å². The molecule has 5 nitrogen and oxygen atoms in total. The maximum Gasteiger partial charge on any atom is 0.335 e. The highest BCUT2D eigenvalue weighted by molar-refractivity contribution is 5.87. The van der Waals surface area contributed by atoms with Crippen LogP contribution in [0.25, 0.3) is 0 Å². The van der Waals surface area contributed by atoms with Crippen LogP contribution in [0.5, 0.6) is 0 Å². The molecule has 0 unspecified atom stereocenters. The second kappa shape index (κ2) is 7.78. The fraction of sp³-hybridized carbons (Fsp3) is 0.500. The highest BCUT2D eigenvalue weighted by atomic mass is 16.4. The molecule has 0 fully saturated rings. The summed E-state index contributed by atoms with van der Waals surface area (Å²) in [6, 6.07) is 6.68. The molecule has 0 radical (unpaired) electrons. The fourth-order valence-electron chi connectivity index (χ4n) is 2.27. The van der Waals surface area contributed by atoms with E-state index in [1.54, 1.807) is 24.3 Å². The molecule has 5 heteroatoms. The van der Waals surface area contributed by atoms with Crippen LogP contribution in [0.4, 0.5) is 0 Å². The van der Waals surface area contributed by atoms with Crippen molar-refractivity contribution >= 4 is 11.9 Å². The molecule has 0 heterocycles. The molecule has 21 heavy (non-hydrogen) atoms. The minimum absolute atomic E-state index is 0.00263. The maximum atomic E-state index is 12.2. The zero-order valence-corrected chi connectivity index (χ0v) is 12.7. The van der Waals surface area contributed by atoms with Crippen molar-refractivity contribution in [1.29, 1.82) is 0 Å². The van der Waals surface area contributed by atoms with Gasteiger partial charge in [-0.05, 0) is 37.0 Å². The Kier molecular flexibility index (Phi) is 6.37. The number of carboxylic acid groups (broad SMARTS) is 1. The first kappa shape index (κ1) is 17.2. The summed E-state index contributed by atoms with van der Waals surface area (Å²) in [6.45, 7) is 4.81. The highest BCUT2D eigenvalue weighted by Gasteiger charge is 2.32. The Hall–Kier alpha value is -1.88. The molecule has 0 bridgehead atoms. The highest BCUT2D eigenvalue weighted by Crippen LogP contribution is 2.24. The van der Waals surface area contributed by atoms with E-state index in [1.165, 1.54) is 0 Å². The third-order valence-corrected chi connectivity index (χ3v) is 4.13. The minimum atomic E-state index is -0.937. The molecule has 1 amide bonds. The van der Waals surface area contributed by atoms with Crippen LogP contribution in [-0.4, -0.2) is 30.1 Å². The number of carboxylic acids is 1. The molecular weight excluding hydrogens is 268 g/mol. The molecule has 0 saturated carbocycles. The van der Waals surface area contributed by atoms with Gasteiger partial charge in [-0.2, -0.15) is 0 Å². The predicted molar refractivity (Wildman–Crippen MR) is 82.2 cm³/mol. The summed E-state index contributed by atoms with van der Waals surface area (Å²) in [5, 5.41) is 11.8. The fourth-order valence-corrected chi connectivity index (χ4v) is 2.27.